The van der Waals surface area contributed by atoms with Gasteiger partial charge in [-0.15, -0.1) is 0 Å². The molecule has 0 fully saturated rings. The van der Waals surface area contributed by atoms with Crippen molar-refractivity contribution in [2.75, 3.05) is 0 Å². The fourth-order valence-corrected chi connectivity index (χ4v) is 4.62. The first kappa shape index (κ1) is 19.5. The maximum atomic E-state index is 13.0. The number of furan rings is 1. The number of non-ortho nitro benzene ring substituents is 1. The fourth-order valence-electron chi connectivity index (χ4n) is 3.44. The third kappa shape index (κ3) is 3.20. The zero-order chi connectivity index (χ0) is 21.9. The van der Waals surface area contributed by atoms with Gasteiger partial charge in [-0.25, -0.2) is 9.38 Å². The van der Waals surface area contributed by atoms with Crippen molar-refractivity contribution in [3.63, 3.8) is 0 Å². The van der Waals surface area contributed by atoms with Gasteiger partial charge >= 0.3 is 0 Å². The lowest BCUT2D eigenvalue weighted by Gasteiger charge is -2.00. The number of thiazole rings is 1. The molecular formula is C22H14ClN3O4S. The van der Waals surface area contributed by atoms with E-state index in [1.807, 2.05) is 26.0 Å². The van der Waals surface area contributed by atoms with Crippen LogP contribution in [0.15, 0.2) is 51.7 Å². The van der Waals surface area contributed by atoms with E-state index in [0.29, 0.717) is 31.6 Å². The Morgan fingerprint density at radius 2 is 1.94 bits per heavy atom. The number of nitro benzene ring substituents is 1. The van der Waals surface area contributed by atoms with Crippen molar-refractivity contribution in [2.24, 2.45) is 0 Å². The standard InChI is InChI=1S/C22H14ClN3O4S/c1-11-7-17-18(8-12(11)2)25-21(27)20(31-22(25)24-17)10-14-4-6-19(30-14)15-9-13(26(28)29)3-5-16(15)23/h3-10H,1-2H3/b20-10-. The smallest absolute Gasteiger partial charge is 0.275 e. The number of halogens is 1. The van der Waals surface area contributed by atoms with Gasteiger partial charge < -0.3 is 4.42 Å². The molecular weight excluding hydrogens is 438 g/mol. The van der Waals surface area contributed by atoms with Gasteiger partial charge in [-0.1, -0.05) is 22.9 Å². The van der Waals surface area contributed by atoms with Gasteiger partial charge in [0.15, 0.2) is 4.96 Å². The van der Waals surface area contributed by atoms with Gasteiger partial charge in [-0.2, -0.15) is 0 Å². The molecule has 7 nitrogen and oxygen atoms in total. The maximum Gasteiger partial charge on any atom is 0.275 e. The molecule has 3 heterocycles. The van der Waals surface area contributed by atoms with Gasteiger partial charge in [0.25, 0.3) is 11.2 Å². The zero-order valence-electron chi connectivity index (χ0n) is 16.4. The van der Waals surface area contributed by atoms with Gasteiger partial charge in [0.2, 0.25) is 0 Å². The fraction of sp³-hybridized carbons (Fsp3) is 0.0909. The predicted octanol–water partition coefficient (Wildman–Crippen LogP) is 4.90. The van der Waals surface area contributed by atoms with Crippen LogP contribution in [-0.2, 0) is 0 Å². The summed E-state index contributed by atoms with van der Waals surface area (Å²) in [6.45, 7) is 4.02. The van der Waals surface area contributed by atoms with E-state index in [4.69, 9.17) is 16.0 Å². The Kier molecular flexibility index (Phi) is 4.42. The van der Waals surface area contributed by atoms with Crippen molar-refractivity contribution in [2.45, 2.75) is 13.8 Å². The number of imidazole rings is 1. The lowest BCUT2D eigenvalue weighted by molar-refractivity contribution is -0.384. The molecule has 5 aromatic rings. The van der Waals surface area contributed by atoms with Gasteiger partial charge in [0.1, 0.15) is 16.1 Å². The van der Waals surface area contributed by atoms with Crippen molar-refractivity contribution < 1.29 is 9.34 Å². The first-order valence-electron chi connectivity index (χ1n) is 9.30. The van der Waals surface area contributed by atoms with E-state index in [9.17, 15) is 14.9 Å². The number of hydrogen-bond acceptors (Lipinski definition) is 6. The van der Waals surface area contributed by atoms with Gasteiger partial charge in [-0.05, 0) is 55.3 Å². The van der Waals surface area contributed by atoms with Crippen molar-refractivity contribution >= 4 is 50.7 Å². The lowest BCUT2D eigenvalue weighted by atomic mass is 10.1. The minimum absolute atomic E-state index is 0.0833. The van der Waals surface area contributed by atoms with Crippen molar-refractivity contribution in [1.29, 1.82) is 0 Å². The summed E-state index contributed by atoms with van der Waals surface area (Å²) in [5.41, 5.74) is 3.95. The Morgan fingerprint density at radius 1 is 1.16 bits per heavy atom. The van der Waals surface area contributed by atoms with Crippen LogP contribution in [0.1, 0.15) is 16.9 Å². The Hall–Kier alpha value is -3.49. The number of hydrogen-bond donors (Lipinski definition) is 0. The summed E-state index contributed by atoms with van der Waals surface area (Å²) in [6, 6.07) is 11.5. The van der Waals surface area contributed by atoms with E-state index in [1.165, 1.54) is 29.5 Å². The molecule has 0 saturated carbocycles. The van der Waals surface area contributed by atoms with Crippen LogP contribution in [0.5, 0.6) is 0 Å². The van der Waals surface area contributed by atoms with Crippen LogP contribution in [0.25, 0.3) is 33.4 Å². The van der Waals surface area contributed by atoms with Gasteiger partial charge in [0.05, 0.1) is 21.0 Å². The normalized spacial score (nSPS) is 12.3. The molecule has 0 N–H and O–H groups in total. The average Bonchev–Trinajstić information content (AvgIpc) is 3.39. The summed E-state index contributed by atoms with van der Waals surface area (Å²) in [5, 5.41) is 11.4. The highest BCUT2D eigenvalue weighted by molar-refractivity contribution is 7.15. The Bertz CT molecular complexity index is 1630. The summed E-state index contributed by atoms with van der Waals surface area (Å²) in [7, 11) is 0. The first-order valence-corrected chi connectivity index (χ1v) is 10.5. The molecule has 154 valence electrons. The number of aryl methyl sites for hydroxylation is 2. The maximum absolute atomic E-state index is 13.0. The number of benzene rings is 2. The zero-order valence-corrected chi connectivity index (χ0v) is 18.0. The van der Waals surface area contributed by atoms with Crippen molar-refractivity contribution in [3.05, 3.63) is 89.4 Å². The Labute approximate surface area is 184 Å². The highest BCUT2D eigenvalue weighted by Gasteiger charge is 2.15. The molecule has 0 aliphatic rings. The number of nitrogens with zero attached hydrogens (tertiary/aromatic N) is 3. The second kappa shape index (κ2) is 7.04. The molecule has 2 aromatic carbocycles. The monoisotopic (exact) mass is 451 g/mol. The minimum Gasteiger partial charge on any atom is -0.457 e. The van der Waals surface area contributed by atoms with Crippen LogP contribution in [0.4, 0.5) is 5.69 Å². The number of aromatic nitrogens is 2. The molecule has 0 unspecified atom stereocenters. The van der Waals surface area contributed by atoms with Gasteiger partial charge in [-0.3, -0.25) is 14.9 Å². The first-order chi connectivity index (χ1) is 14.8. The highest BCUT2D eigenvalue weighted by atomic mass is 35.5. The minimum atomic E-state index is -0.492. The van der Waals surface area contributed by atoms with Crippen LogP contribution < -0.4 is 10.1 Å². The highest BCUT2D eigenvalue weighted by Crippen LogP contribution is 2.32. The number of rotatable bonds is 3. The van der Waals surface area contributed by atoms with Crippen LogP contribution in [0.2, 0.25) is 5.02 Å². The summed E-state index contributed by atoms with van der Waals surface area (Å²) < 4.78 is 7.91. The van der Waals surface area contributed by atoms with Crippen LogP contribution >= 0.6 is 22.9 Å². The lowest BCUT2D eigenvalue weighted by Crippen LogP contribution is -2.22. The van der Waals surface area contributed by atoms with Crippen LogP contribution in [0.3, 0.4) is 0 Å². The molecule has 0 amide bonds. The molecule has 9 heteroatoms. The third-order valence-corrected chi connectivity index (χ3v) is 6.48. The van der Waals surface area contributed by atoms with E-state index in [1.54, 1.807) is 22.6 Å². The molecule has 0 bridgehead atoms. The summed E-state index contributed by atoms with van der Waals surface area (Å²) in [4.78, 5) is 28.8. The van der Waals surface area contributed by atoms with Crippen molar-refractivity contribution in [3.8, 4) is 11.3 Å². The van der Waals surface area contributed by atoms with E-state index in [0.717, 1.165) is 22.2 Å². The molecule has 0 aliphatic carbocycles. The van der Waals surface area contributed by atoms with E-state index < -0.39 is 4.92 Å². The summed E-state index contributed by atoms with van der Waals surface area (Å²) >= 11 is 7.48. The van der Waals surface area contributed by atoms with E-state index in [-0.39, 0.29) is 11.2 Å². The van der Waals surface area contributed by atoms with Crippen LogP contribution in [-0.4, -0.2) is 14.3 Å². The Balaban J connectivity index is 1.61. The van der Waals surface area contributed by atoms with E-state index >= 15 is 0 Å². The summed E-state index contributed by atoms with van der Waals surface area (Å²) in [5.74, 6) is 0.820. The largest absolute Gasteiger partial charge is 0.457 e. The molecule has 0 atom stereocenters. The topological polar surface area (TPSA) is 90.7 Å². The predicted molar refractivity (Wildman–Crippen MR) is 121 cm³/mol. The second-order valence-corrected chi connectivity index (χ2v) is 8.61. The average molecular weight is 452 g/mol. The van der Waals surface area contributed by atoms with E-state index in [2.05, 4.69) is 4.98 Å². The molecule has 3 aromatic heterocycles. The third-order valence-electron chi connectivity index (χ3n) is 5.18. The molecule has 0 spiro atoms. The molecule has 31 heavy (non-hydrogen) atoms. The van der Waals surface area contributed by atoms with Crippen molar-refractivity contribution in [1.82, 2.24) is 9.38 Å². The quantitative estimate of drug-likeness (QED) is 0.287. The van der Waals surface area contributed by atoms with Crippen LogP contribution in [0, 0.1) is 24.0 Å². The summed E-state index contributed by atoms with van der Waals surface area (Å²) in [6.07, 6.45) is 1.64. The number of nitro groups is 1. The molecule has 0 saturated heterocycles. The second-order valence-electron chi connectivity index (χ2n) is 7.19. The SMILES string of the molecule is Cc1cc2nc3s/c(=C\c4ccc(-c5cc([N+](=O)[O-])ccc5Cl)o4)c(=O)n3c2cc1C. The molecule has 0 aliphatic heterocycles. The Morgan fingerprint density at radius 3 is 2.71 bits per heavy atom. The van der Waals surface area contributed by atoms with Gasteiger partial charge in [0, 0.05) is 23.8 Å². The number of fused-ring (bicyclic) bond motifs is 3. The molecule has 5 rings (SSSR count). The molecule has 0 radical (unpaired) electrons.